The first kappa shape index (κ1) is 21.4. The van der Waals surface area contributed by atoms with Crippen molar-refractivity contribution in [1.29, 1.82) is 0 Å². The summed E-state index contributed by atoms with van der Waals surface area (Å²) in [6.45, 7) is 1.08. The zero-order valence-corrected chi connectivity index (χ0v) is 14.1. The van der Waals surface area contributed by atoms with Crippen molar-refractivity contribution in [3.8, 4) is 0 Å². The molecule has 5 N–H and O–H groups in total. The maximum atomic E-state index is 11.8. The Morgan fingerprint density at radius 3 is 2.29 bits per heavy atom. The molecule has 0 aliphatic carbocycles. The molecule has 24 heavy (non-hydrogen) atoms. The van der Waals surface area contributed by atoms with Gasteiger partial charge in [-0.25, -0.2) is 0 Å². The highest BCUT2D eigenvalue weighted by molar-refractivity contribution is 5.78. The van der Waals surface area contributed by atoms with E-state index >= 15 is 0 Å². The van der Waals surface area contributed by atoms with E-state index in [1.807, 2.05) is 0 Å². The fraction of sp³-hybridized carbons (Fsp3) is 0.938. The number of carbonyl (C=O) groups is 1. The first-order valence-electron chi connectivity index (χ1n) is 8.53. The van der Waals surface area contributed by atoms with Gasteiger partial charge in [0.2, 0.25) is 0 Å². The molecule has 8 nitrogen and oxygen atoms in total. The van der Waals surface area contributed by atoms with Crippen molar-refractivity contribution in [3.05, 3.63) is 0 Å². The Morgan fingerprint density at radius 2 is 1.71 bits per heavy atom. The van der Waals surface area contributed by atoms with Crippen LogP contribution in [-0.4, -0.2) is 81.3 Å². The molecular formula is C16H30O8. The molecule has 1 fully saturated rings. The van der Waals surface area contributed by atoms with Crippen LogP contribution in [0, 0.1) is 0 Å². The summed E-state index contributed by atoms with van der Waals surface area (Å²) in [6, 6.07) is 0. The van der Waals surface area contributed by atoms with Crippen LogP contribution >= 0.6 is 0 Å². The third-order valence-electron chi connectivity index (χ3n) is 4.17. The molecule has 1 rings (SSSR count). The maximum Gasteiger partial charge on any atom is 0.187 e. The van der Waals surface area contributed by atoms with Crippen LogP contribution < -0.4 is 0 Å². The number of aliphatic hydroxyl groups excluding tert-OH is 5. The van der Waals surface area contributed by atoms with E-state index in [2.05, 4.69) is 6.92 Å². The van der Waals surface area contributed by atoms with Crippen LogP contribution in [0.3, 0.4) is 0 Å². The third kappa shape index (κ3) is 6.36. The number of ether oxygens (including phenoxy) is 2. The second-order valence-electron chi connectivity index (χ2n) is 6.17. The molecule has 1 aliphatic heterocycles. The third-order valence-corrected chi connectivity index (χ3v) is 4.17. The summed E-state index contributed by atoms with van der Waals surface area (Å²) in [6.07, 6.45) is -3.80. The van der Waals surface area contributed by atoms with Gasteiger partial charge in [-0.15, -0.1) is 0 Å². The van der Waals surface area contributed by atoms with Crippen LogP contribution in [0.25, 0.3) is 0 Å². The average molecular weight is 350 g/mol. The fourth-order valence-electron chi connectivity index (χ4n) is 2.60. The van der Waals surface area contributed by atoms with Crippen LogP contribution in [-0.2, 0) is 14.3 Å². The van der Waals surface area contributed by atoms with Gasteiger partial charge in [0.25, 0.3) is 0 Å². The quantitative estimate of drug-likeness (QED) is 0.302. The largest absolute Gasteiger partial charge is 0.394 e. The molecule has 0 aromatic heterocycles. The van der Waals surface area contributed by atoms with Crippen molar-refractivity contribution < 1.29 is 39.8 Å². The number of carbonyl (C=O) groups excluding carboxylic acids is 1. The number of hydrogen-bond acceptors (Lipinski definition) is 8. The number of ketones is 1. The minimum atomic E-state index is -1.52. The molecule has 0 saturated carbocycles. The van der Waals surface area contributed by atoms with Crippen molar-refractivity contribution in [1.82, 2.24) is 0 Å². The van der Waals surface area contributed by atoms with Crippen LogP contribution in [0.2, 0.25) is 0 Å². The van der Waals surface area contributed by atoms with Crippen LogP contribution in [0.4, 0.5) is 0 Å². The van der Waals surface area contributed by atoms with Gasteiger partial charge in [0.15, 0.2) is 6.29 Å². The lowest BCUT2D eigenvalue weighted by atomic mass is 9.94. The number of rotatable bonds is 11. The Hall–Kier alpha value is -0.610. The van der Waals surface area contributed by atoms with Gasteiger partial charge in [-0.3, -0.25) is 4.79 Å². The van der Waals surface area contributed by atoms with Gasteiger partial charge in [-0.1, -0.05) is 19.8 Å². The molecular weight excluding hydrogens is 320 g/mol. The highest BCUT2D eigenvalue weighted by Crippen LogP contribution is 2.26. The summed E-state index contributed by atoms with van der Waals surface area (Å²) in [7, 11) is 0. The lowest BCUT2D eigenvalue weighted by Gasteiger charge is -2.41. The standard InChI is InChI=1S/C16H30O8/c1-2-3-4-5-10(19)6-7-12-13(20)14(21)15(22)16(24-12)23-11(8-17)9-18/h11-18,20-22H,2-9H2,1H3/t12-,13+,14+,15-,16-/m1/s1. The molecule has 8 heteroatoms. The van der Waals surface area contributed by atoms with Crippen molar-refractivity contribution >= 4 is 5.78 Å². The molecule has 1 aliphatic rings. The summed E-state index contributed by atoms with van der Waals surface area (Å²) in [4.78, 5) is 11.8. The van der Waals surface area contributed by atoms with E-state index in [1.165, 1.54) is 0 Å². The van der Waals surface area contributed by atoms with Crippen molar-refractivity contribution in [3.63, 3.8) is 0 Å². The maximum absolute atomic E-state index is 11.8. The van der Waals surface area contributed by atoms with E-state index in [9.17, 15) is 20.1 Å². The summed E-state index contributed by atoms with van der Waals surface area (Å²) in [5.74, 6) is 0.0564. The molecule has 0 amide bonds. The normalized spacial score (nSPS) is 30.7. The summed E-state index contributed by atoms with van der Waals surface area (Å²) in [5, 5.41) is 47.9. The smallest absolute Gasteiger partial charge is 0.187 e. The van der Waals surface area contributed by atoms with E-state index < -0.39 is 50.0 Å². The molecule has 0 bridgehead atoms. The first-order chi connectivity index (χ1) is 11.4. The molecule has 0 unspecified atom stereocenters. The number of hydrogen-bond donors (Lipinski definition) is 5. The molecule has 0 aromatic carbocycles. The van der Waals surface area contributed by atoms with Gasteiger partial charge in [0, 0.05) is 12.8 Å². The summed E-state index contributed by atoms with van der Waals surface area (Å²) >= 11 is 0. The van der Waals surface area contributed by atoms with Crippen LogP contribution in [0.15, 0.2) is 0 Å². The lowest BCUT2D eigenvalue weighted by molar-refractivity contribution is -0.311. The molecule has 0 radical (unpaired) electrons. The number of Topliss-reactive ketones (excluding diaryl/α,β-unsaturated/α-hetero) is 1. The van der Waals surface area contributed by atoms with Gasteiger partial charge in [0.1, 0.15) is 30.2 Å². The Labute approximate surface area is 142 Å². The molecule has 0 aromatic rings. The van der Waals surface area contributed by atoms with Gasteiger partial charge in [-0.2, -0.15) is 0 Å². The second-order valence-corrected chi connectivity index (χ2v) is 6.17. The van der Waals surface area contributed by atoms with E-state index in [1.54, 1.807) is 0 Å². The van der Waals surface area contributed by atoms with Gasteiger partial charge in [-0.05, 0) is 12.8 Å². The molecule has 1 saturated heterocycles. The zero-order valence-electron chi connectivity index (χ0n) is 14.1. The Bertz CT molecular complexity index is 360. The Balaban J connectivity index is 2.54. The minimum absolute atomic E-state index is 0.0564. The second kappa shape index (κ2) is 11.1. The summed E-state index contributed by atoms with van der Waals surface area (Å²) in [5.41, 5.74) is 0. The van der Waals surface area contributed by atoms with E-state index in [4.69, 9.17) is 19.7 Å². The van der Waals surface area contributed by atoms with Gasteiger partial charge in [0.05, 0.1) is 19.3 Å². The fourth-order valence-corrected chi connectivity index (χ4v) is 2.60. The van der Waals surface area contributed by atoms with E-state index in [0.717, 1.165) is 19.3 Å². The van der Waals surface area contributed by atoms with Crippen molar-refractivity contribution in [2.45, 2.75) is 82.3 Å². The van der Waals surface area contributed by atoms with Crippen LogP contribution in [0.1, 0.15) is 45.4 Å². The topological polar surface area (TPSA) is 137 Å². The predicted octanol–water partition coefficient (Wildman–Crippen LogP) is -0.907. The van der Waals surface area contributed by atoms with Crippen LogP contribution in [0.5, 0.6) is 0 Å². The lowest BCUT2D eigenvalue weighted by Crippen LogP contribution is -2.59. The SMILES string of the molecule is CCCCCC(=O)CC[C@H]1O[C@@H](OC(CO)CO)[C@H](O)[C@@H](O)[C@H]1O. The van der Waals surface area contributed by atoms with Gasteiger partial charge < -0.3 is 35.0 Å². The zero-order chi connectivity index (χ0) is 18.1. The first-order valence-corrected chi connectivity index (χ1v) is 8.53. The van der Waals surface area contributed by atoms with Gasteiger partial charge >= 0.3 is 0 Å². The predicted molar refractivity (Wildman–Crippen MR) is 84.1 cm³/mol. The monoisotopic (exact) mass is 350 g/mol. The van der Waals surface area contributed by atoms with E-state index in [0.29, 0.717) is 6.42 Å². The Morgan fingerprint density at radius 1 is 1.04 bits per heavy atom. The van der Waals surface area contributed by atoms with Crippen molar-refractivity contribution in [2.24, 2.45) is 0 Å². The van der Waals surface area contributed by atoms with E-state index in [-0.39, 0.29) is 18.6 Å². The summed E-state index contributed by atoms with van der Waals surface area (Å²) < 4.78 is 10.6. The molecule has 5 atom stereocenters. The minimum Gasteiger partial charge on any atom is -0.394 e. The average Bonchev–Trinajstić information content (AvgIpc) is 2.58. The Kier molecular flexibility index (Phi) is 9.91. The highest BCUT2D eigenvalue weighted by Gasteiger charge is 2.44. The molecule has 1 heterocycles. The number of unbranched alkanes of at least 4 members (excludes halogenated alkanes) is 2. The molecule has 0 spiro atoms. The molecule has 142 valence electrons. The number of aliphatic hydroxyl groups is 5. The van der Waals surface area contributed by atoms with Crippen molar-refractivity contribution in [2.75, 3.05) is 13.2 Å². The highest BCUT2D eigenvalue weighted by atomic mass is 16.7.